The van der Waals surface area contributed by atoms with E-state index >= 15 is 0 Å². The Labute approximate surface area is 87.8 Å². The van der Waals surface area contributed by atoms with Crippen molar-refractivity contribution in [2.45, 2.75) is 57.5 Å². The molecule has 2 nitrogen and oxygen atoms in total. The van der Waals surface area contributed by atoms with E-state index in [4.69, 9.17) is 5.73 Å². The predicted octanol–water partition coefficient (Wildman–Crippen LogP) is 1.99. The van der Waals surface area contributed by atoms with Crippen molar-refractivity contribution >= 4 is 0 Å². The Morgan fingerprint density at radius 1 is 1.29 bits per heavy atom. The molecular formula is C12H24N2. The van der Waals surface area contributed by atoms with Crippen molar-refractivity contribution in [1.82, 2.24) is 4.90 Å². The van der Waals surface area contributed by atoms with Gasteiger partial charge in [-0.2, -0.15) is 0 Å². The van der Waals surface area contributed by atoms with Crippen LogP contribution in [0, 0.1) is 5.92 Å². The lowest BCUT2D eigenvalue weighted by atomic mass is 9.83. The summed E-state index contributed by atoms with van der Waals surface area (Å²) in [5.41, 5.74) is 5.96. The lowest BCUT2D eigenvalue weighted by Crippen LogP contribution is -2.38. The van der Waals surface area contributed by atoms with E-state index in [0.29, 0.717) is 6.04 Å². The quantitative estimate of drug-likeness (QED) is 0.732. The second-order valence-corrected chi connectivity index (χ2v) is 5.14. The van der Waals surface area contributed by atoms with E-state index in [0.717, 1.165) is 18.5 Å². The fourth-order valence-corrected chi connectivity index (χ4v) is 3.11. The van der Waals surface area contributed by atoms with E-state index in [1.165, 1.54) is 45.1 Å². The lowest BCUT2D eigenvalue weighted by Gasteiger charge is -2.35. The molecule has 0 amide bonds. The van der Waals surface area contributed by atoms with Crippen molar-refractivity contribution in [3.63, 3.8) is 0 Å². The summed E-state index contributed by atoms with van der Waals surface area (Å²) in [6, 6.07) is 1.32. The molecule has 1 heterocycles. The van der Waals surface area contributed by atoms with Crippen LogP contribution in [0.1, 0.15) is 45.4 Å². The first-order chi connectivity index (χ1) is 6.79. The monoisotopic (exact) mass is 196 g/mol. The molecule has 14 heavy (non-hydrogen) atoms. The topological polar surface area (TPSA) is 29.3 Å². The van der Waals surface area contributed by atoms with Crippen LogP contribution >= 0.6 is 0 Å². The molecule has 0 aromatic carbocycles. The SMILES string of the molecule is CCC1CCCC(N2CC[C@@H](N)C2)C1. The maximum Gasteiger partial charge on any atom is 0.0180 e. The number of rotatable bonds is 2. The third-order valence-electron chi connectivity index (χ3n) is 4.10. The highest BCUT2D eigenvalue weighted by molar-refractivity contribution is 4.86. The number of nitrogens with two attached hydrogens (primary N) is 1. The highest BCUT2D eigenvalue weighted by Crippen LogP contribution is 2.31. The molecule has 0 aromatic rings. The van der Waals surface area contributed by atoms with Crippen molar-refractivity contribution < 1.29 is 0 Å². The minimum Gasteiger partial charge on any atom is -0.326 e. The van der Waals surface area contributed by atoms with Crippen molar-refractivity contribution in [2.24, 2.45) is 11.7 Å². The molecule has 2 N–H and O–H groups in total. The second kappa shape index (κ2) is 4.63. The van der Waals surface area contributed by atoms with Crippen LogP contribution in [0.2, 0.25) is 0 Å². The maximum absolute atomic E-state index is 5.96. The lowest BCUT2D eigenvalue weighted by molar-refractivity contribution is 0.153. The Bertz CT molecular complexity index is 181. The van der Waals surface area contributed by atoms with Crippen LogP contribution in [-0.2, 0) is 0 Å². The van der Waals surface area contributed by atoms with Gasteiger partial charge in [0.05, 0.1) is 0 Å². The zero-order valence-electron chi connectivity index (χ0n) is 9.41. The summed E-state index contributed by atoms with van der Waals surface area (Å²) in [5, 5.41) is 0. The largest absolute Gasteiger partial charge is 0.326 e. The molecule has 0 bridgehead atoms. The van der Waals surface area contributed by atoms with Gasteiger partial charge in [0, 0.05) is 25.2 Å². The first kappa shape index (κ1) is 10.4. The van der Waals surface area contributed by atoms with E-state index in [1.54, 1.807) is 0 Å². The van der Waals surface area contributed by atoms with Crippen molar-refractivity contribution in [3.8, 4) is 0 Å². The molecule has 0 spiro atoms. The number of hydrogen-bond acceptors (Lipinski definition) is 2. The zero-order valence-corrected chi connectivity index (χ0v) is 9.41. The van der Waals surface area contributed by atoms with Crippen LogP contribution in [0.5, 0.6) is 0 Å². The summed E-state index contributed by atoms with van der Waals surface area (Å²) in [5.74, 6) is 0.991. The van der Waals surface area contributed by atoms with Crippen LogP contribution in [0.25, 0.3) is 0 Å². The van der Waals surface area contributed by atoms with E-state index in [2.05, 4.69) is 11.8 Å². The van der Waals surface area contributed by atoms with E-state index in [9.17, 15) is 0 Å². The summed E-state index contributed by atoms with van der Waals surface area (Å²) in [4.78, 5) is 2.65. The smallest absolute Gasteiger partial charge is 0.0180 e. The van der Waals surface area contributed by atoms with Crippen LogP contribution in [-0.4, -0.2) is 30.1 Å². The third kappa shape index (κ3) is 2.29. The van der Waals surface area contributed by atoms with Gasteiger partial charge >= 0.3 is 0 Å². The van der Waals surface area contributed by atoms with Crippen molar-refractivity contribution in [3.05, 3.63) is 0 Å². The highest BCUT2D eigenvalue weighted by atomic mass is 15.2. The van der Waals surface area contributed by atoms with Crippen LogP contribution in [0.3, 0.4) is 0 Å². The van der Waals surface area contributed by atoms with Crippen LogP contribution in [0.15, 0.2) is 0 Å². The summed E-state index contributed by atoms with van der Waals surface area (Å²) in [7, 11) is 0. The molecule has 82 valence electrons. The molecule has 1 saturated heterocycles. The molecule has 2 heteroatoms. The first-order valence-electron chi connectivity index (χ1n) is 6.29. The minimum atomic E-state index is 0.456. The van der Waals surface area contributed by atoms with E-state index in [-0.39, 0.29) is 0 Å². The van der Waals surface area contributed by atoms with Gasteiger partial charge in [-0.15, -0.1) is 0 Å². The Morgan fingerprint density at radius 3 is 2.79 bits per heavy atom. The first-order valence-corrected chi connectivity index (χ1v) is 6.29. The normalized spacial score (nSPS) is 40.3. The van der Waals surface area contributed by atoms with Crippen LogP contribution < -0.4 is 5.73 Å². The molecule has 1 aliphatic carbocycles. The molecule has 2 fully saturated rings. The van der Waals surface area contributed by atoms with Gasteiger partial charge in [0.1, 0.15) is 0 Å². The molecule has 1 saturated carbocycles. The third-order valence-corrected chi connectivity index (χ3v) is 4.10. The Morgan fingerprint density at radius 2 is 2.14 bits per heavy atom. The summed E-state index contributed by atoms with van der Waals surface area (Å²) in [6.45, 7) is 4.74. The van der Waals surface area contributed by atoms with Gasteiger partial charge in [-0.3, -0.25) is 4.90 Å². The fourth-order valence-electron chi connectivity index (χ4n) is 3.11. The zero-order chi connectivity index (χ0) is 9.97. The molecular weight excluding hydrogens is 172 g/mol. The van der Waals surface area contributed by atoms with Gasteiger partial charge < -0.3 is 5.73 Å². The minimum absolute atomic E-state index is 0.456. The molecule has 2 rings (SSSR count). The van der Waals surface area contributed by atoms with Gasteiger partial charge in [0.15, 0.2) is 0 Å². The number of nitrogens with zero attached hydrogens (tertiary/aromatic N) is 1. The van der Waals surface area contributed by atoms with Crippen LogP contribution in [0.4, 0.5) is 0 Å². The molecule has 3 atom stereocenters. The van der Waals surface area contributed by atoms with Crippen molar-refractivity contribution in [2.75, 3.05) is 13.1 Å². The molecule has 1 aliphatic heterocycles. The number of likely N-dealkylation sites (tertiary alicyclic amines) is 1. The molecule has 0 radical (unpaired) electrons. The average molecular weight is 196 g/mol. The summed E-state index contributed by atoms with van der Waals surface area (Å²) in [6.07, 6.45) is 8.35. The van der Waals surface area contributed by atoms with Gasteiger partial charge in [0.2, 0.25) is 0 Å². The van der Waals surface area contributed by atoms with Gasteiger partial charge in [-0.25, -0.2) is 0 Å². The highest BCUT2D eigenvalue weighted by Gasteiger charge is 2.29. The standard InChI is InChI=1S/C12H24N2/c1-2-10-4-3-5-12(8-10)14-7-6-11(13)9-14/h10-12H,2-9,13H2,1H3/t10?,11-,12?/m1/s1. The molecule has 0 aromatic heterocycles. The maximum atomic E-state index is 5.96. The Kier molecular flexibility index (Phi) is 3.45. The van der Waals surface area contributed by atoms with Gasteiger partial charge in [-0.05, 0) is 25.2 Å². The van der Waals surface area contributed by atoms with Gasteiger partial charge in [0.25, 0.3) is 0 Å². The Hall–Kier alpha value is -0.0800. The molecule has 2 aliphatic rings. The molecule has 2 unspecified atom stereocenters. The predicted molar refractivity (Wildman–Crippen MR) is 60.2 cm³/mol. The van der Waals surface area contributed by atoms with Crippen molar-refractivity contribution in [1.29, 1.82) is 0 Å². The average Bonchev–Trinajstić information content (AvgIpc) is 2.65. The van der Waals surface area contributed by atoms with E-state index < -0.39 is 0 Å². The summed E-state index contributed by atoms with van der Waals surface area (Å²) < 4.78 is 0. The summed E-state index contributed by atoms with van der Waals surface area (Å²) >= 11 is 0. The number of hydrogen-bond donors (Lipinski definition) is 1. The second-order valence-electron chi connectivity index (χ2n) is 5.14. The van der Waals surface area contributed by atoms with Gasteiger partial charge in [-0.1, -0.05) is 26.2 Å². The fraction of sp³-hybridized carbons (Fsp3) is 1.00. The van der Waals surface area contributed by atoms with E-state index in [1.807, 2.05) is 0 Å². The Balaban J connectivity index is 1.84.